The molecule has 1 fully saturated rings. The van der Waals surface area contributed by atoms with Crippen molar-refractivity contribution in [2.24, 2.45) is 0 Å². The van der Waals surface area contributed by atoms with Gasteiger partial charge >= 0.3 is 6.09 Å². The van der Waals surface area contributed by atoms with Crippen molar-refractivity contribution in [3.8, 4) is 17.5 Å². The molecule has 1 aliphatic rings. The van der Waals surface area contributed by atoms with Crippen LogP contribution < -0.4 is 10.3 Å². The number of hydrogen-bond donors (Lipinski definition) is 1. The Morgan fingerprint density at radius 3 is 2.69 bits per heavy atom. The number of nitrogens with zero attached hydrogens (tertiary/aromatic N) is 4. The van der Waals surface area contributed by atoms with Gasteiger partial charge in [-0.25, -0.2) is 9.78 Å². The monoisotopic (exact) mass is 390 g/mol. The summed E-state index contributed by atoms with van der Waals surface area (Å²) in [7, 11) is 1.55. The van der Waals surface area contributed by atoms with Gasteiger partial charge in [-0.1, -0.05) is 0 Å². The van der Waals surface area contributed by atoms with Crippen molar-refractivity contribution in [2.75, 3.05) is 13.7 Å². The number of benzene rings is 2. The highest BCUT2D eigenvalue weighted by Gasteiger charge is 2.34. The van der Waals surface area contributed by atoms with Crippen LogP contribution in [0.1, 0.15) is 30.3 Å². The van der Waals surface area contributed by atoms with Gasteiger partial charge in [0.05, 0.1) is 41.4 Å². The van der Waals surface area contributed by atoms with E-state index in [0.717, 1.165) is 0 Å². The van der Waals surface area contributed by atoms with Crippen LogP contribution in [0.5, 0.6) is 5.75 Å². The Kier molecular flexibility index (Phi) is 4.64. The Hall–Kier alpha value is -3.86. The normalized spacial score (nSPS) is 16.0. The molecule has 0 radical (unpaired) electrons. The minimum Gasteiger partial charge on any atom is -0.497 e. The Bertz CT molecular complexity index is 1190. The molecule has 1 atom stereocenters. The fourth-order valence-corrected chi connectivity index (χ4v) is 3.74. The zero-order valence-corrected chi connectivity index (χ0v) is 15.7. The number of nitriles is 1. The summed E-state index contributed by atoms with van der Waals surface area (Å²) in [5.41, 5.74) is 1.01. The fourth-order valence-electron chi connectivity index (χ4n) is 3.74. The van der Waals surface area contributed by atoms with Crippen molar-refractivity contribution in [3.63, 3.8) is 0 Å². The summed E-state index contributed by atoms with van der Waals surface area (Å²) in [6.07, 6.45) is 0.236. The van der Waals surface area contributed by atoms with Crippen LogP contribution >= 0.6 is 0 Å². The molecule has 0 aliphatic carbocycles. The molecule has 1 aliphatic heterocycles. The molecule has 2 aromatic carbocycles. The molecule has 1 unspecified atom stereocenters. The van der Waals surface area contributed by atoms with Crippen LogP contribution in [0.4, 0.5) is 4.79 Å². The van der Waals surface area contributed by atoms with Gasteiger partial charge in [0.15, 0.2) is 0 Å². The molecule has 2 heterocycles. The molecule has 8 heteroatoms. The quantitative estimate of drug-likeness (QED) is 0.736. The Balaban J connectivity index is 2.01. The van der Waals surface area contributed by atoms with E-state index >= 15 is 0 Å². The van der Waals surface area contributed by atoms with Gasteiger partial charge in [0.1, 0.15) is 11.6 Å². The molecule has 4 rings (SSSR count). The van der Waals surface area contributed by atoms with Crippen molar-refractivity contribution in [1.29, 1.82) is 5.26 Å². The van der Waals surface area contributed by atoms with E-state index in [0.29, 0.717) is 53.1 Å². The summed E-state index contributed by atoms with van der Waals surface area (Å²) in [6, 6.07) is 13.1. The van der Waals surface area contributed by atoms with Gasteiger partial charge in [0.2, 0.25) is 0 Å². The van der Waals surface area contributed by atoms with E-state index in [-0.39, 0.29) is 5.56 Å². The fraction of sp³-hybridized carbons (Fsp3) is 0.238. The zero-order valence-electron chi connectivity index (χ0n) is 15.7. The molecule has 0 bridgehead atoms. The maximum atomic E-state index is 13.4. The average molecular weight is 390 g/mol. The summed E-state index contributed by atoms with van der Waals surface area (Å²) in [6.45, 7) is 0.393. The first-order chi connectivity index (χ1) is 14.0. The average Bonchev–Trinajstić information content (AvgIpc) is 3.24. The van der Waals surface area contributed by atoms with Crippen LogP contribution in [0, 0.1) is 11.3 Å². The van der Waals surface area contributed by atoms with Gasteiger partial charge in [-0.05, 0) is 55.3 Å². The predicted octanol–water partition coefficient (Wildman–Crippen LogP) is 3.08. The second-order valence-corrected chi connectivity index (χ2v) is 6.79. The molecule has 1 amide bonds. The number of amides is 1. The first-order valence-electron chi connectivity index (χ1n) is 9.14. The van der Waals surface area contributed by atoms with Crippen molar-refractivity contribution < 1.29 is 14.6 Å². The van der Waals surface area contributed by atoms with Gasteiger partial charge in [0, 0.05) is 6.54 Å². The maximum absolute atomic E-state index is 13.4. The lowest BCUT2D eigenvalue weighted by molar-refractivity contribution is 0.138. The molecular weight excluding hydrogens is 372 g/mol. The molecule has 0 spiro atoms. The highest BCUT2D eigenvalue weighted by molar-refractivity contribution is 5.80. The molecule has 0 saturated carbocycles. The number of fused-ring (bicyclic) bond motifs is 1. The summed E-state index contributed by atoms with van der Waals surface area (Å²) in [4.78, 5) is 31.1. The van der Waals surface area contributed by atoms with E-state index in [2.05, 4.69) is 4.98 Å². The maximum Gasteiger partial charge on any atom is 0.407 e. The van der Waals surface area contributed by atoms with Crippen molar-refractivity contribution in [3.05, 3.63) is 64.2 Å². The second-order valence-electron chi connectivity index (χ2n) is 6.79. The summed E-state index contributed by atoms with van der Waals surface area (Å²) in [5.74, 6) is 1.01. The minimum atomic E-state index is -1.04. The number of carboxylic acid groups (broad SMARTS) is 1. The lowest BCUT2D eigenvalue weighted by atomic mass is 10.1. The van der Waals surface area contributed by atoms with E-state index in [1.807, 2.05) is 6.07 Å². The molecule has 1 N–H and O–H groups in total. The minimum absolute atomic E-state index is 0.309. The third kappa shape index (κ3) is 3.17. The zero-order chi connectivity index (χ0) is 20.5. The molecule has 3 aromatic rings. The topological polar surface area (TPSA) is 108 Å². The van der Waals surface area contributed by atoms with Gasteiger partial charge in [0.25, 0.3) is 5.56 Å². The van der Waals surface area contributed by atoms with E-state index in [4.69, 9.17) is 4.74 Å². The molecule has 146 valence electrons. The number of carbonyl (C=O) groups is 1. The highest BCUT2D eigenvalue weighted by Crippen LogP contribution is 2.32. The summed E-state index contributed by atoms with van der Waals surface area (Å²) in [5, 5.41) is 19.1. The van der Waals surface area contributed by atoms with E-state index in [1.54, 1.807) is 43.5 Å². The summed E-state index contributed by atoms with van der Waals surface area (Å²) < 4.78 is 6.63. The molecule has 1 saturated heterocycles. The summed E-state index contributed by atoms with van der Waals surface area (Å²) >= 11 is 0. The number of methoxy groups -OCH3 is 1. The Morgan fingerprint density at radius 2 is 2.03 bits per heavy atom. The van der Waals surface area contributed by atoms with E-state index in [1.165, 1.54) is 15.5 Å². The van der Waals surface area contributed by atoms with Crippen molar-refractivity contribution >= 4 is 17.0 Å². The Morgan fingerprint density at radius 1 is 1.28 bits per heavy atom. The van der Waals surface area contributed by atoms with Crippen LogP contribution in [0.3, 0.4) is 0 Å². The van der Waals surface area contributed by atoms with Gasteiger partial charge in [-0.2, -0.15) is 5.26 Å². The molecule has 1 aromatic heterocycles. The number of ether oxygens (including phenoxy) is 1. The van der Waals surface area contributed by atoms with E-state index in [9.17, 15) is 20.0 Å². The van der Waals surface area contributed by atoms with Crippen molar-refractivity contribution in [2.45, 2.75) is 18.9 Å². The second kappa shape index (κ2) is 7.28. The number of aromatic nitrogens is 2. The van der Waals surface area contributed by atoms with Crippen LogP contribution in [0.15, 0.2) is 47.3 Å². The number of likely N-dealkylation sites (tertiary alicyclic amines) is 1. The van der Waals surface area contributed by atoms with Crippen LogP contribution in [-0.2, 0) is 0 Å². The van der Waals surface area contributed by atoms with Gasteiger partial charge in [-0.15, -0.1) is 0 Å². The first-order valence-corrected chi connectivity index (χ1v) is 9.14. The van der Waals surface area contributed by atoms with Crippen molar-refractivity contribution in [1.82, 2.24) is 14.5 Å². The number of rotatable bonds is 3. The third-order valence-electron chi connectivity index (χ3n) is 5.15. The largest absolute Gasteiger partial charge is 0.497 e. The third-order valence-corrected chi connectivity index (χ3v) is 5.15. The van der Waals surface area contributed by atoms with Gasteiger partial charge < -0.3 is 9.84 Å². The SMILES string of the molecule is COc1ccc(-n2c(C3CCCN3C(=O)O)nc3ccc(C#N)cc3c2=O)cc1. The smallest absolute Gasteiger partial charge is 0.407 e. The first kappa shape index (κ1) is 18.5. The van der Waals surface area contributed by atoms with Gasteiger partial charge in [-0.3, -0.25) is 14.3 Å². The predicted molar refractivity (Wildman–Crippen MR) is 105 cm³/mol. The van der Waals surface area contributed by atoms with Crippen LogP contribution in [0.25, 0.3) is 16.6 Å². The standard InChI is InChI=1S/C21H18N4O4/c1-29-15-7-5-14(6-8-15)25-19(18-3-2-10-24(18)21(27)28)23-17-9-4-13(12-22)11-16(17)20(25)26/h4-9,11,18H,2-3,10H2,1H3,(H,27,28). The van der Waals surface area contributed by atoms with Crippen LogP contribution in [0.2, 0.25) is 0 Å². The van der Waals surface area contributed by atoms with Crippen LogP contribution in [-0.4, -0.2) is 39.3 Å². The molecule has 29 heavy (non-hydrogen) atoms. The molecule has 8 nitrogen and oxygen atoms in total. The Labute approximate surface area is 166 Å². The van der Waals surface area contributed by atoms with E-state index < -0.39 is 12.1 Å². The molecular formula is C21H18N4O4. The highest BCUT2D eigenvalue weighted by atomic mass is 16.5. The lowest BCUT2D eigenvalue weighted by Crippen LogP contribution is -2.34. The number of hydrogen-bond acceptors (Lipinski definition) is 5. The lowest BCUT2D eigenvalue weighted by Gasteiger charge is -2.24.